The summed E-state index contributed by atoms with van der Waals surface area (Å²) in [4.78, 5) is 11.8. The Morgan fingerprint density at radius 3 is 2.65 bits per heavy atom. The summed E-state index contributed by atoms with van der Waals surface area (Å²) in [6, 6.07) is 0. The maximum absolute atomic E-state index is 11.8. The van der Waals surface area contributed by atoms with E-state index in [2.05, 4.69) is 13.5 Å². The molecule has 0 aromatic carbocycles. The van der Waals surface area contributed by atoms with Gasteiger partial charge in [-0.15, -0.1) is 0 Å². The maximum Gasteiger partial charge on any atom is 0.306 e. The van der Waals surface area contributed by atoms with Gasteiger partial charge in [-0.3, -0.25) is 4.79 Å². The molecular weight excluding hydrogens is 292 g/mol. The highest BCUT2D eigenvalue weighted by atomic mass is 16.4. The van der Waals surface area contributed by atoms with E-state index in [1.165, 1.54) is 0 Å². The van der Waals surface area contributed by atoms with Gasteiger partial charge in [-0.2, -0.15) is 0 Å². The first kappa shape index (κ1) is 15.6. The zero-order valence-corrected chi connectivity index (χ0v) is 13.9. The van der Waals surface area contributed by atoms with Gasteiger partial charge in [-0.05, 0) is 73.7 Å². The van der Waals surface area contributed by atoms with Crippen LogP contribution in [0.5, 0.6) is 0 Å². The van der Waals surface area contributed by atoms with Crippen molar-refractivity contribution in [2.75, 3.05) is 0 Å². The Labute approximate surface area is 137 Å². The van der Waals surface area contributed by atoms with E-state index in [4.69, 9.17) is 0 Å². The fourth-order valence-corrected chi connectivity index (χ4v) is 7.26. The summed E-state index contributed by atoms with van der Waals surface area (Å²) >= 11 is 0. The highest BCUT2D eigenvalue weighted by molar-refractivity contribution is 5.71. The molecule has 0 aliphatic heterocycles. The molecule has 4 fully saturated rings. The molecule has 0 amide bonds. The van der Waals surface area contributed by atoms with Crippen LogP contribution in [0.3, 0.4) is 0 Å². The predicted molar refractivity (Wildman–Crippen MR) is 85.6 cm³/mol. The first-order valence-corrected chi connectivity index (χ1v) is 9.07. The van der Waals surface area contributed by atoms with Gasteiger partial charge in [-0.25, -0.2) is 0 Å². The largest absolute Gasteiger partial charge is 0.481 e. The van der Waals surface area contributed by atoms with Crippen LogP contribution in [-0.4, -0.2) is 33.5 Å². The van der Waals surface area contributed by atoms with Crippen molar-refractivity contribution in [3.63, 3.8) is 0 Å². The molecule has 4 heteroatoms. The maximum atomic E-state index is 11.8. The smallest absolute Gasteiger partial charge is 0.306 e. The fraction of sp³-hybridized carbons (Fsp3) is 0.842. The molecule has 0 unspecified atom stereocenters. The Bertz CT molecular complexity index is 558. The summed E-state index contributed by atoms with van der Waals surface area (Å²) in [5.74, 6) is -0.348. The van der Waals surface area contributed by atoms with Crippen LogP contribution >= 0.6 is 0 Å². The van der Waals surface area contributed by atoms with Crippen molar-refractivity contribution in [2.24, 2.45) is 34.5 Å². The molecule has 0 saturated heterocycles. The van der Waals surface area contributed by atoms with E-state index in [1.807, 2.05) is 0 Å². The Morgan fingerprint density at radius 2 is 1.96 bits per heavy atom. The number of hydrogen-bond donors (Lipinski definition) is 3. The normalized spacial score (nSPS) is 55.2. The zero-order chi connectivity index (χ0) is 16.6. The molecule has 4 rings (SSSR count). The van der Waals surface area contributed by atoms with Gasteiger partial charge in [0.2, 0.25) is 0 Å². The number of rotatable bonds is 1. The molecular formula is C19H28O4. The first-order valence-electron chi connectivity index (χ1n) is 9.07. The molecule has 8 atom stereocenters. The number of hydrogen-bond acceptors (Lipinski definition) is 3. The topological polar surface area (TPSA) is 77.8 Å². The number of aliphatic hydroxyl groups excluding tert-OH is 2. The number of fused-ring (bicyclic) bond motifs is 3. The van der Waals surface area contributed by atoms with E-state index in [0.29, 0.717) is 24.7 Å². The minimum absolute atomic E-state index is 0.120. The predicted octanol–water partition coefficient (Wildman–Crippen LogP) is 2.59. The van der Waals surface area contributed by atoms with Gasteiger partial charge < -0.3 is 15.3 Å². The fourth-order valence-electron chi connectivity index (χ4n) is 7.26. The molecule has 0 aromatic heterocycles. The van der Waals surface area contributed by atoms with Gasteiger partial charge in [0, 0.05) is 5.41 Å². The highest BCUT2D eigenvalue weighted by Crippen LogP contribution is 2.70. The summed E-state index contributed by atoms with van der Waals surface area (Å²) in [7, 11) is 0. The Hall–Kier alpha value is -0.870. The highest BCUT2D eigenvalue weighted by Gasteiger charge is 2.66. The minimum atomic E-state index is -0.763. The van der Waals surface area contributed by atoms with Crippen LogP contribution in [0.2, 0.25) is 0 Å². The summed E-state index contributed by atoms with van der Waals surface area (Å²) in [5.41, 5.74) is 0.696. The molecule has 23 heavy (non-hydrogen) atoms. The lowest BCUT2D eigenvalue weighted by molar-refractivity contribution is -0.184. The summed E-state index contributed by atoms with van der Waals surface area (Å²) in [5, 5.41) is 30.9. The van der Waals surface area contributed by atoms with Crippen LogP contribution in [-0.2, 0) is 4.79 Å². The van der Waals surface area contributed by atoms with E-state index < -0.39 is 24.1 Å². The van der Waals surface area contributed by atoms with Crippen molar-refractivity contribution >= 4 is 5.97 Å². The number of carbonyl (C=O) groups is 1. The summed E-state index contributed by atoms with van der Waals surface area (Å²) in [6.45, 7) is 6.35. The molecule has 0 heterocycles. The lowest BCUT2D eigenvalue weighted by Crippen LogP contribution is -2.59. The van der Waals surface area contributed by atoms with Crippen molar-refractivity contribution in [3.8, 4) is 0 Å². The first-order chi connectivity index (χ1) is 10.8. The molecule has 4 nitrogen and oxygen atoms in total. The van der Waals surface area contributed by atoms with Crippen LogP contribution in [0.25, 0.3) is 0 Å². The molecule has 4 aliphatic carbocycles. The van der Waals surface area contributed by atoms with E-state index in [0.717, 1.165) is 37.7 Å². The number of carboxylic acids is 1. The standard InChI is InChI=1S/C19H28O4/c1-10-11-3-4-15-18(2)9-12(20)7-13(17(22)23)14(18)5-6-19(15,8-11)16(10)21/h11-16,20-21H,1,3-9H2,2H3,(H,22,23)/t11-,12-,13-,14-,15+,16-,18-,19-/m1/s1. The van der Waals surface area contributed by atoms with Crippen molar-refractivity contribution in [1.29, 1.82) is 0 Å². The Morgan fingerprint density at radius 1 is 1.22 bits per heavy atom. The second-order valence-electron chi connectivity index (χ2n) is 8.93. The molecule has 128 valence electrons. The number of aliphatic hydroxyl groups is 2. The van der Waals surface area contributed by atoms with E-state index in [1.54, 1.807) is 0 Å². The molecule has 1 spiro atoms. The quantitative estimate of drug-likeness (QED) is 0.649. The van der Waals surface area contributed by atoms with E-state index >= 15 is 0 Å². The lowest BCUT2D eigenvalue weighted by Gasteiger charge is -2.62. The van der Waals surface area contributed by atoms with E-state index in [9.17, 15) is 20.1 Å². The third-order valence-electron chi connectivity index (χ3n) is 8.11. The molecule has 4 saturated carbocycles. The second kappa shape index (κ2) is 4.82. The Kier molecular flexibility index (Phi) is 3.28. The third-order valence-corrected chi connectivity index (χ3v) is 8.11. The van der Waals surface area contributed by atoms with Crippen molar-refractivity contribution in [2.45, 2.75) is 64.1 Å². The van der Waals surface area contributed by atoms with Crippen molar-refractivity contribution in [3.05, 3.63) is 12.2 Å². The molecule has 3 N–H and O–H groups in total. The van der Waals surface area contributed by atoms with Gasteiger partial charge in [0.1, 0.15) is 0 Å². The minimum Gasteiger partial charge on any atom is -0.481 e. The average molecular weight is 320 g/mol. The molecule has 2 bridgehead atoms. The van der Waals surface area contributed by atoms with Crippen LogP contribution in [0.1, 0.15) is 51.9 Å². The van der Waals surface area contributed by atoms with Crippen LogP contribution in [0.4, 0.5) is 0 Å². The Balaban J connectivity index is 1.76. The molecule has 0 radical (unpaired) electrons. The van der Waals surface area contributed by atoms with Gasteiger partial charge in [-0.1, -0.05) is 13.5 Å². The van der Waals surface area contributed by atoms with Crippen LogP contribution in [0, 0.1) is 34.5 Å². The van der Waals surface area contributed by atoms with Crippen molar-refractivity contribution < 1.29 is 20.1 Å². The van der Waals surface area contributed by atoms with Gasteiger partial charge in [0.25, 0.3) is 0 Å². The number of carboxylic acid groups (broad SMARTS) is 1. The third kappa shape index (κ3) is 1.88. The number of aliphatic carboxylic acids is 1. The van der Waals surface area contributed by atoms with Gasteiger partial charge in [0.15, 0.2) is 0 Å². The zero-order valence-electron chi connectivity index (χ0n) is 13.9. The van der Waals surface area contributed by atoms with E-state index in [-0.39, 0.29) is 16.7 Å². The SMILES string of the molecule is C=C1[C@@H]2CC[C@H]3[C@]4(C)C[C@H](O)C[C@@H](C(=O)O)[C@H]4CC[C@]3(C2)[C@@H]1O. The van der Waals surface area contributed by atoms with Gasteiger partial charge >= 0.3 is 5.97 Å². The monoisotopic (exact) mass is 320 g/mol. The van der Waals surface area contributed by atoms with Gasteiger partial charge in [0.05, 0.1) is 18.1 Å². The summed E-state index contributed by atoms with van der Waals surface area (Å²) in [6.07, 6.45) is 4.94. The van der Waals surface area contributed by atoms with Crippen LogP contribution < -0.4 is 0 Å². The lowest BCUT2D eigenvalue weighted by atomic mass is 9.43. The second-order valence-corrected chi connectivity index (χ2v) is 8.93. The molecule has 4 aliphatic rings. The van der Waals surface area contributed by atoms with Crippen molar-refractivity contribution in [1.82, 2.24) is 0 Å². The molecule has 0 aromatic rings. The summed E-state index contributed by atoms with van der Waals surface area (Å²) < 4.78 is 0. The average Bonchev–Trinajstić information content (AvgIpc) is 2.66. The van der Waals surface area contributed by atoms with Crippen LogP contribution in [0.15, 0.2) is 12.2 Å².